The number of aliphatic hydroxyl groups is 1. The van der Waals surface area contributed by atoms with E-state index in [0.717, 1.165) is 22.3 Å². The van der Waals surface area contributed by atoms with Crippen LogP contribution >= 0.6 is 7.14 Å². The third kappa shape index (κ3) is 4.30. The Morgan fingerprint density at radius 3 is 2.10 bits per heavy atom. The Labute approximate surface area is 182 Å². The molecule has 160 valence electrons. The van der Waals surface area contributed by atoms with Crippen molar-refractivity contribution in [1.82, 2.24) is 5.32 Å². The number of alkyl carbamates (subject to hydrolysis) is 1. The van der Waals surface area contributed by atoms with Crippen LogP contribution in [0.1, 0.15) is 28.7 Å². The van der Waals surface area contributed by atoms with Crippen LogP contribution in [0, 0.1) is 0 Å². The number of carbonyl (C=O) groups is 1. The molecule has 5 nitrogen and oxygen atoms in total. The lowest BCUT2D eigenvalue weighted by Gasteiger charge is -2.22. The molecule has 1 aliphatic carbocycles. The Kier molecular flexibility index (Phi) is 5.99. The zero-order valence-corrected chi connectivity index (χ0v) is 18.5. The topological polar surface area (TPSA) is 75.6 Å². The summed E-state index contributed by atoms with van der Waals surface area (Å²) >= 11 is 0. The molecule has 0 spiro atoms. The smallest absolute Gasteiger partial charge is 0.407 e. The number of amides is 1. The van der Waals surface area contributed by atoms with Gasteiger partial charge in [0.15, 0.2) is 0 Å². The van der Waals surface area contributed by atoms with Crippen molar-refractivity contribution in [2.24, 2.45) is 0 Å². The molecular weight excluding hydrogens is 409 g/mol. The van der Waals surface area contributed by atoms with E-state index < -0.39 is 19.3 Å². The summed E-state index contributed by atoms with van der Waals surface area (Å²) in [5.74, 6) is -0.0375. The molecule has 0 aromatic heterocycles. The van der Waals surface area contributed by atoms with Gasteiger partial charge in [-0.2, -0.15) is 0 Å². The number of nitrogens with one attached hydrogen (secondary N) is 1. The highest BCUT2D eigenvalue weighted by Gasteiger charge is 2.29. The average molecular weight is 435 g/mol. The van der Waals surface area contributed by atoms with Crippen molar-refractivity contribution >= 4 is 18.5 Å². The Morgan fingerprint density at radius 2 is 1.52 bits per heavy atom. The van der Waals surface area contributed by atoms with Gasteiger partial charge >= 0.3 is 6.09 Å². The molecule has 2 N–H and O–H groups in total. The molecule has 3 aromatic rings. The molecule has 0 fully saturated rings. The monoisotopic (exact) mass is 435 g/mol. The van der Waals surface area contributed by atoms with Gasteiger partial charge in [0, 0.05) is 11.2 Å². The largest absolute Gasteiger partial charge is 0.449 e. The minimum Gasteiger partial charge on any atom is -0.449 e. The lowest BCUT2D eigenvalue weighted by atomic mass is 9.98. The van der Waals surface area contributed by atoms with Gasteiger partial charge in [-0.25, -0.2) is 4.79 Å². The first kappa shape index (κ1) is 21.4. The third-order valence-electron chi connectivity index (χ3n) is 5.71. The van der Waals surface area contributed by atoms with Crippen molar-refractivity contribution in [3.63, 3.8) is 0 Å². The lowest BCUT2D eigenvalue weighted by Crippen LogP contribution is -2.34. The van der Waals surface area contributed by atoms with E-state index in [4.69, 9.17) is 4.74 Å². The second-order valence-electron chi connectivity index (χ2n) is 8.11. The second kappa shape index (κ2) is 8.70. The summed E-state index contributed by atoms with van der Waals surface area (Å²) in [6.45, 7) is 3.22. The number of hydrogen-bond donors (Lipinski definition) is 2. The predicted octanol–water partition coefficient (Wildman–Crippen LogP) is 4.51. The molecule has 1 unspecified atom stereocenters. The van der Waals surface area contributed by atoms with Crippen LogP contribution in [0.3, 0.4) is 0 Å². The summed E-state index contributed by atoms with van der Waals surface area (Å²) in [4.78, 5) is 12.6. The molecular formula is C25H26NO4P. The van der Waals surface area contributed by atoms with E-state index >= 15 is 0 Å². The predicted molar refractivity (Wildman–Crippen MR) is 124 cm³/mol. The Morgan fingerprint density at radius 1 is 0.968 bits per heavy atom. The molecule has 0 bridgehead atoms. The molecule has 0 saturated carbocycles. The number of carbonyl (C=O) groups excluding carboxylic acids is 1. The standard InChI is InChI=1S/C25H26NO4P/c1-31(2,29)24-14-8-7-13-21(24)23(15-27)26-25(28)30-16-22-19-11-5-3-9-17(19)18-10-4-6-12-20(18)22/h3-14,22-23,27H,15-16H2,1-2H3,(H,26,28). The van der Waals surface area contributed by atoms with Gasteiger partial charge in [0.1, 0.15) is 13.7 Å². The Hall–Kier alpha value is -2.88. The molecule has 4 rings (SSSR count). The minimum absolute atomic E-state index is 0.0375. The van der Waals surface area contributed by atoms with Crippen molar-refractivity contribution in [3.05, 3.63) is 89.5 Å². The zero-order chi connectivity index (χ0) is 22.0. The maximum absolute atomic E-state index is 12.7. The summed E-state index contributed by atoms with van der Waals surface area (Å²) in [6, 6.07) is 22.8. The van der Waals surface area contributed by atoms with Crippen molar-refractivity contribution < 1.29 is 19.2 Å². The van der Waals surface area contributed by atoms with E-state index in [0.29, 0.717) is 10.9 Å². The van der Waals surface area contributed by atoms with Gasteiger partial charge in [-0.15, -0.1) is 0 Å². The molecule has 31 heavy (non-hydrogen) atoms. The van der Waals surface area contributed by atoms with Crippen LogP contribution < -0.4 is 10.6 Å². The zero-order valence-electron chi connectivity index (χ0n) is 17.6. The van der Waals surface area contributed by atoms with Crippen molar-refractivity contribution in [1.29, 1.82) is 0 Å². The number of aliphatic hydroxyl groups excluding tert-OH is 1. The van der Waals surface area contributed by atoms with Crippen LogP contribution in [0.25, 0.3) is 11.1 Å². The molecule has 0 radical (unpaired) electrons. The molecule has 3 aromatic carbocycles. The molecule has 1 aliphatic rings. The summed E-state index contributed by atoms with van der Waals surface area (Å²) < 4.78 is 18.2. The quantitative estimate of drug-likeness (QED) is 0.559. The van der Waals surface area contributed by atoms with Gasteiger partial charge in [-0.05, 0) is 41.1 Å². The van der Waals surface area contributed by atoms with Crippen LogP contribution in [-0.2, 0) is 9.30 Å². The summed E-state index contributed by atoms with van der Waals surface area (Å²) in [5.41, 5.74) is 5.25. The molecule has 1 amide bonds. The van der Waals surface area contributed by atoms with Crippen molar-refractivity contribution in [2.45, 2.75) is 12.0 Å². The number of benzene rings is 3. The van der Waals surface area contributed by atoms with Gasteiger partial charge in [0.25, 0.3) is 0 Å². The highest BCUT2D eigenvalue weighted by molar-refractivity contribution is 7.70. The highest BCUT2D eigenvalue weighted by Crippen LogP contribution is 2.44. The van der Waals surface area contributed by atoms with E-state index in [2.05, 4.69) is 29.6 Å². The van der Waals surface area contributed by atoms with Gasteiger partial charge < -0.3 is 19.7 Å². The van der Waals surface area contributed by atoms with Crippen LogP contribution in [0.2, 0.25) is 0 Å². The molecule has 1 atom stereocenters. The Balaban J connectivity index is 1.50. The number of ether oxygens (including phenoxy) is 1. The second-order valence-corrected chi connectivity index (χ2v) is 11.3. The maximum atomic E-state index is 12.7. The van der Waals surface area contributed by atoms with E-state index in [-0.39, 0.29) is 19.1 Å². The van der Waals surface area contributed by atoms with E-state index in [1.165, 1.54) is 0 Å². The fourth-order valence-corrected chi connectivity index (χ4v) is 5.57. The van der Waals surface area contributed by atoms with E-state index in [1.54, 1.807) is 37.6 Å². The van der Waals surface area contributed by atoms with Gasteiger partial charge in [0.05, 0.1) is 12.6 Å². The van der Waals surface area contributed by atoms with E-state index in [1.807, 2.05) is 24.3 Å². The van der Waals surface area contributed by atoms with Gasteiger partial charge in [-0.1, -0.05) is 72.8 Å². The molecule has 0 heterocycles. The first-order chi connectivity index (χ1) is 14.9. The number of hydrogen-bond acceptors (Lipinski definition) is 4. The summed E-state index contributed by atoms with van der Waals surface area (Å²) in [6.07, 6.45) is -0.613. The highest BCUT2D eigenvalue weighted by atomic mass is 31.2. The average Bonchev–Trinajstić information content (AvgIpc) is 3.09. The first-order valence-electron chi connectivity index (χ1n) is 10.3. The Bertz CT molecular complexity index is 1110. The lowest BCUT2D eigenvalue weighted by molar-refractivity contribution is 0.132. The number of fused-ring (bicyclic) bond motifs is 3. The van der Waals surface area contributed by atoms with Crippen molar-refractivity contribution in [3.8, 4) is 11.1 Å². The van der Waals surface area contributed by atoms with Crippen LogP contribution in [0.4, 0.5) is 4.79 Å². The van der Waals surface area contributed by atoms with Gasteiger partial charge in [0.2, 0.25) is 0 Å². The molecule has 0 aliphatic heterocycles. The summed E-state index contributed by atoms with van der Waals surface area (Å²) in [7, 11) is -2.58. The first-order valence-corrected chi connectivity index (χ1v) is 12.9. The van der Waals surface area contributed by atoms with Gasteiger partial charge in [-0.3, -0.25) is 0 Å². The SMILES string of the molecule is CP(C)(=O)c1ccccc1C(CO)NC(=O)OCC1c2ccccc2-c2ccccc21. The van der Waals surface area contributed by atoms with E-state index in [9.17, 15) is 14.5 Å². The fraction of sp³-hybridized carbons (Fsp3) is 0.240. The minimum atomic E-state index is -2.58. The molecule has 6 heteroatoms. The number of rotatable bonds is 6. The normalized spacial score (nSPS) is 13.9. The molecule has 0 saturated heterocycles. The fourth-order valence-electron chi connectivity index (χ4n) is 4.28. The maximum Gasteiger partial charge on any atom is 0.407 e. The van der Waals surface area contributed by atoms with Crippen LogP contribution in [0.15, 0.2) is 72.8 Å². The van der Waals surface area contributed by atoms with Crippen molar-refractivity contribution in [2.75, 3.05) is 26.5 Å². The van der Waals surface area contributed by atoms with Crippen LogP contribution in [-0.4, -0.2) is 37.7 Å². The van der Waals surface area contributed by atoms with Crippen LogP contribution in [0.5, 0.6) is 0 Å². The third-order valence-corrected chi connectivity index (χ3v) is 7.28. The summed E-state index contributed by atoms with van der Waals surface area (Å²) in [5, 5.41) is 13.3.